The highest BCUT2D eigenvalue weighted by Crippen LogP contribution is 2.34. The molecule has 1 aromatic rings. The minimum atomic E-state index is -0.793. The Hall–Kier alpha value is -1.53. The zero-order valence-electron chi connectivity index (χ0n) is 10.8. The predicted molar refractivity (Wildman–Crippen MR) is 76.9 cm³/mol. The van der Waals surface area contributed by atoms with E-state index in [4.69, 9.17) is 22.7 Å². The normalized spacial score (nSPS) is 17.7. The Bertz CT molecular complexity index is 472. The van der Waals surface area contributed by atoms with Gasteiger partial charge in [-0.05, 0) is 25.0 Å². The van der Waals surface area contributed by atoms with Crippen LogP contribution in [-0.4, -0.2) is 36.1 Å². The van der Waals surface area contributed by atoms with Gasteiger partial charge in [0.15, 0.2) is 0 Å². The van der Waals surface area contributed by atoms with Crippen molar-refractivity contribution in [3.8, 4) is 0 Å². The van der Waals surface area contributed by atoms with Gasteiger partial charge >= 0.3 is 0 Å². The van der Waals surface area contributed by atoms with Crippen molar-refractivity contribution in [2.45, 2.75) is 12.8 Å². The van der Waals surface area contributed by atoms with Crippen molar-refractivity contribution in [2.75, 3.05) is 25.2 Å². The molecule has 0 unspecified atom stereocenters. The molecule has 0 saturated carbocycles. The van der Waals surface area contributed by atoms with Crippen LogP contribution >= 0.6 is 12.2 Å². The molecule has 0 atom stereocenters. The zero-order valence-corrected chi connectivity index (χ0v) is 11.7. The third-order valence-electron chi connectivity index (χ3n) is 3.57. The molecule has 1 aliphatic rings. The van der Waals surface area contributed by atoms with Crippen LogP contribution in [0.1, 0.15) is 12.8 Å². The van der Waals surface area contributed by atoms with Crippen LogP contribution in [0.5, 0.6) is 0 Å². The molecule has 5 nitrogen and oxygen atoms in total. The van der Waals surface area contributed by atoms with Crippen molar-refractivity contribution in [1.82, 2.24) is 4.98 Å². The average Bonchev–Trinajstić information content (AvgIpc) is 2.47. The number of thiocarbonyl (C=S) groups is 1. The number of ether oxygens (including phenoxy) is 1. The second kappa shape index (κ2) is 5.63. The minimum Gasteiger partial charge on any atom is -0.392 e. The molecule has 0 radical (unpaired) electrons. The number of nitrogens with zero attached hydrogens (tertiary/aromatic N) is 2. The maximum Gasteiger partial charge on any atom is 0.240 e. The van der Waals surface area contributed by atoms with Crippen LogP contribution in [-0.2, 0) is 9.53 Å². The molecule has 0 bridgehead atoms. The maximum atomic E-state index is 12.7. The van der Waals surface area contributed by atoms with Gasteiger partial charge in [-0.1, -0.05) is 12.2 Å². The second-order valence-electron chi connectivity index (χ2n) is 4.63. The molecule has 0 aliphatic carbocycles. The van der Waals surface area contributed by atoms with E-state index in [-0.39, 0.29) is 10.9 Å². The van der Waals surface area contributed by atoms with Crippen molar-refractivity contribution in [2.24, 2.45) is 11.1 Å². The van der Waals surface area contributed by atoms with Crippen LogP contribution in [0.3, 0.4) is 0 Å². The van der Waals surface area contributed by atoms with Crippen LogP contribution in [0, 0.1) is 5.41 Å². The fourth-order valence-corrected chi connectivity index (χ4v) is 2.57. The number of nitrogens with two attached hydrogens (primary N) is 1. The lowest BCUT2D eigenvalue weighted by atomic mass is 9.78. The number of hydrogen-bond acceptors (Lipinski definition) is 4. The van der Waals surface area contributed by atoms with E-state index in [1.165, 1.54) is 0 Å². The van der Waals surface area contributed by atoms with Gasteiger partial charge in [0.25, 0.3) is 0 Å². The molecule has 1 fully saturated rings. The quantitative estimate of drug-likeness (QED) is 0.840. The molecule has 0 aromatic carbocycles. The molecular weight excluding hydrogens is 262 g/mol. The van der Waals surface area contributed by atoms with E-state index in [1.807, 2.05) is 6.07 Å². The second-order valence-corrected chi connectivity index (χ2v) is 5.07. The third-order valence-corrected chi connectivity index (χ3v) is 3.96. The van der Waals surface area contributed by atoms with E-state index in [2.05, 4.69) is 4.98 Å². The maximum absolute atomic E-state index is 12.7. The molecule has 0 spiro atoms. The fraction of sp³-hybridized carbons (Fsp3) is 0.462. The van der Waals surface area contributed by atoms with Crippen molar-refractivity contribution >= 4 is 28.8 Å². The van der Waals surface area contributed by atoms with Gasteiger partial charge in [0.1, 0.15) is 5.41 Å². The van der Waals surface area contributed by atoms with Gasteiger partial charge < -0.3 is 15.4 Å². The first-order valence-corrected chi connectivity index (χ1v) is 6.54. The SMILES string of the molecule is CN(C(=O)C1(C(N)=S)CCOCC1)c1cccnc1. The number of hydrogen-bond donors (Lipinski definition) is 1. The lowest BCUT2D eigenvalue weighted by Gasteiger charge is -2.37. The highest BCUT2D eigenvalue weighted by Gasteiger charge is 2.44. The van der Waals surface area contributed by atoms with Crippen LogP contribution < -0.4 is 10.6 Å². The molecule has 2 N–H and O–H groups in total. The van der Waals surface area contributed by atoms with Crippen LogP contribution in [0.2, 0.25) is 0 Å². The fourth-order valence-electron chi connectivity index (χ4n) is 2.28. The Morgan fingerprint density at radius 1 is 1.53 bits per heavy atom. The molecular formula is C13H17N3O2S. The van der Waals surface area contributed by atoms with Gasteiger partial charge in [-0.25, -0.2) is 0 Å². The van der Waals surface area contributed by atoms with Crippen LogP contribution in [0.15, 0.2) is 24.5 Å². The number of carbonyl (C=O) groups is 1. The van der Waals surface area contributed by atoms with Crippen molar-refractivity contribution in [1.29, 1.82) is 0 Å². The monoisotopic (exact) mass is 279 g/mol. The number of anilines is 1. The summed E-state index contributed by atoms with van der Waals surface area (Å²) in [6.07, 6.45) is 4.38. The first-order chi connectivity index (χ1) is 9.08. The van der Waals surface area contributed by atoms with E-state index in [1.54, 1.807) is 30.4 Å². The Balaban J connectivity index is 2.27. The number of pyridine rings is 1. The highest BCUT2D eigenvalue weighted by molar-refractivity contribution is 7.80. The summed E-state index contributed by atoms with van der Waals surface area (Å²) in [5, 5.41) is 0. The van der Waals surface area contributed by atoms with Gasteiger partial charge in [-0.15, -0.1) is 0 Å². The molecule has 1 saturated heterocycles. The molecule has 2 heterocycles. The highest BCUT2D eigenvalue weighted by atomic mass is 32.1. The Labute approximate surface area is 117 Å². The van der Waals surface area contributed by atoms with Gasteiger partial charge in [-0.3, -0.25) is 9.78 Å². The Morgan fingerprint density at radius 2 is 2.21 bits per heavy atom. The molecule has 1 aromatic heterocycles. The van der Waals surface area contributed by atoms with Crippen molar-refractivity contribution < 1.29 is 9.53 Å². The molecule has 6 heteroatoms. The number of carbonyl (C=O) groups excluding carboxylic acids is 1. The Kier molecular flexibility index (Phi) is 4.11. The van der Waals surface area contributed by atoms with E-state index in [0.717, 1.165) is 5.69 Å². The number of amides is 1. The molecule has 19 heavy (non-hydrogen) atoms. The van der Waals surface area contributed by atoms with E-state index in [9.17, 15) is 4.79 Å². The summed E-state index contributed by atoms with van der Waals surface area (Å²) < 4.78 is 5.31. The standard InChI is InChI=1S/C13H17N3O2S/c1-16(10-3-2-6-15-9-10)12(17)13(11(14)19)4-7-18-8-5-13/h2-3,6,9H,4-5,7-8H2,1H3,(H2,14,19). The van der Waals surface area contributed by atoms with Crippen LogP contribution in [0.4, 0.5) is 5.69 Å². The largest absolute Gasteiger partial charge is 0.392 e. The zero-order chi connectivity index (χ0) is 13.9. The number of aromatic nitrogens is 1. The van der Waals surface area contributed by atoms with Crippen molar-refractivity contribution in [3.63, 3.8) is 0 Å². The van der Waals surface area contributed by atoms with E-state index in [0.29, 0.717) is 26.1 Å². The lowest BCUT2D eigenvalue weighted by Crippen LogP contribution is -2.52. The van der Waals surface area contributed by atoms with E-state index < -0.39 is 5.41 Å². The predicted octanol–water partition coefficient (Wildman–Crippen LogP) is 1.13. The summed E-state index contributed by atoms with van der Waals surface area (Å²) >= 11 is 5.13. The summed E-state index contributed by atoms with van der Waals surface area (Å²) in [6.45, 7) is 1.01. The Morgan fingerprint density at radius 3 is 2.74 bits per heavy atom. The lowest BCUT2D eigenvalue weighted by molar-refractivity contribution is -0.128. The summed E-state index contributed by atoms with van der Waals surface area (Å²) in [5.41, 5.74) is 5.77. The first-order valence-electron chi connectivity index (χ1n) is 6.14. The summed E-state index contributed by atoms with van der Waals surface area (Å²) in [6, 6.07) is 3.62. The first kappa shape index (κ1) is 13.9. The molecule has 1 amide bonds. The van der Waals surface area contributed by atoms with Gasteiger partial charge in [-0.2, -0.15) is 0 Å². The smallest absolute Gasteiger partial charge is 0.240 e. The summed E-state index contributed by atoms with van der Waals surface area (Å²) in [7, 11) is 1.72. The molecule has 2 rings (SSSR count). The van der Waals surface area contributed by atoms with Gasteiger partial charge in [0, 0.05) is 26.5 Å². The molecule has 1 aliphatic heterocycles. The van der Waals surface area contributed by atoms with Gasteiger partial charge in [0.2, 0.25) is 5.91 Å². The summed E-state index contributed by atoms with van der Waals surface area (Å²) in [4.78, 5) is 18.6. The van der Waals surface area contributed by atoms with Crippen molar-refractivity contribution in [3.05, 3.63) is 24.5 Å². The average molecular weight is 279 g/mol. The van der Waals surface area contributed by atoms with Crippen LogP contribution in [0.25, 0.3) is 0 Å². The summed E-state index contributed by atoms with van der Waals surface area (Å²) in [5.74, 6) is -0.0868. The number of rotatable bonds is 3. The van der Waals surface area contributed by atoms with E-state index >= 15 is 0 Å². The van der Waals surface area contributed by atoms with Gasteiger partial charge in [0.05, 0.1) is 16.9 Å². The minimum absolute atomic E-state index is 0.0868. The topological polar surface area (TPSA) is 68.5 Å². The third kappa shape index (κ3) is 2.59. The molecule has 102 valence electrons.